The van der Waals surface area contributed by atoms with Crippen molar-refractivity contribution in [3.05, 3.63) is 64.7 Å². The van der Waals surface area contributed by atoms with Crippen LogP contribution in [-0.2, 0) is 4.74 Å². The molecule has 0 aliphatic heterocycles. The average Bonchev–Trinajstić information content (AvgIpc) is 3.01. The van der Waals surface area contributed by atoms with E-state index in [4.69, 9.17) is 10.5 Å². The lowest BCUT2D eigenvalue weighted by atomic mass is 9.81. The molecule has 1 aliphatic carbocycles. The summed E-state index contributed by atoms with van der Waals surface area (Å²) in [4.78, 5) is 38.9. The summed E-state index contributed by atoms with van der Waals surface area (Å²) in [6.45, 7) is 3.46. The molecule has 11 heteroatoms. The van der Waals surface area contributed by atoms with Gasteiger partial charge in [0.2, 0.25) is 0 Å². The van der Waals surface area contributed by atoms with E-state index >= 15 is 0 Å². The van der Waals surface area contributed by atoms with Gasteiger partial charge in [0.25, 0.3) is 0 Å². The Morgan fingerprint density at radius 3 is 2.37 bits per heavy atom. The maximum absolute atomic E-state index is 12.9. The molecule has 0 unspecified atom stereocenters. The molecule has 2 aromatic rings. The number of carbonyl (C=O) groups excluding carboxylic acids is 3. The van der Waals surface area contributed by atoms with Crippen LogP contribution in [0.15, 0.2) is 42.5 Å². The van der Waals surface area contributed by atoms with Crippen molar-refractivity contribution in [2.75, 3.05) is 20.7 Å². The molecule has 7 N–H and O–H groups in total. The van der Waals surface area contributed by atoms with Gasteiger partial charge in [0.15, 0.2) is 5.78 Å². The van der Waals surface area contributed by atoms with E-state index in [2.05, 4.69) is 5.32 Å². The number of hydrogen-bond acceptors (Lipinski definition) is 9. The Morgan fingerprint density at radius 2 is 1.82 bits per heavy atom. The number of ketones is 1. The SMILES string of the molecule is CC(=O)c1cccc([C@@H]2[C@@H](N)[C@](NC(=O)N(C)C)([C@@H](C)O)[C@H](O)[C@]2(O)COC(=O)c2c(C)cccc2O)c1. The number of aliphatic hydroxyl groups excluding tert-OH is 2. The van der Waals surface area contributed by atoms with Gasteiger partial charge < -0.3 is 41.1 Å². The normalized spacial score (nSPS) is 27.4. The number of hydrogen-bond donors (Lipinski definition) is 6. The number of Topliss-reactive ketones (excluding diaryl/α,β-unsaturated/α-hetero) is 1. The summed E-state index contributed by atoms with van der Waals surface area (Å²) in [5.74, 6) is -2.76. The largest absolute Gasteiger partial charge is 0.507 e. The monoisotopic (exact) mass is 529 g/mol. The lowest BCUT2D eigenvalue weighted by Crippen LogP contribution is -2.71. The highest BCUT2D eigenvalue weighted by Crippen LogP contribution is 2.49. The number of urea groups is 1. The molecule has 2 aromatic carbocycles. The van der Waals surface area contributed by atoms with E-state index in [0.29, 0.717) is 16.7 Å². The van der Waals surface area contributed by atoms with Gasteiger partial charge in [-0.3, -0.25) is 4.79 Å². The summed E-state index contributed by atoms with van der Waals surface area (Å²) in [6, 6.07) is 8.67. The molecule has 0 bridgehead atoms. The van der Waals surface area contributed by atoms with E-state index in [1.54, 1.807) is 37.3 Å². The van der Waals surface area contributed by atoms with Crippen LogP contribution in [0.25, 0.3) is 0 Å². The molecule has 38 heavy (non-hydrogen) atoms. The minimum atomic E-state index is -2.33. The van der Waals surface area contributed by atoms with Crippen LogP contribution in [-0.4, -0.2) is 93.2 Å². The molecule has 206 valence electrons. The molecular weight excluding hydrogens is 494 g/mol. The smallest absolute Gasteiger partial charge is 0.342 e. The predicted molar refractivity (Wildman–Crippen MR) is 138 cm³/mol. The molecule has 0 heterocycles. The number of aromatic hydroxyl groups is 1. The first-order valence-electron chi connectivity index (χ1n) is 12.1. The molecular formula is C27H35N3O8. The second kappa shape index (κ2) is 10.7. The maximum atomic E-state index is 12.9. The van der Waals surface area contributed by atoms with Crippen molar-refractivity contribution < 1.29 is 39.5 Å². The highest BCUT2D eigenvalue weighted by Gasteiger charge is 2.69. The van der Waals surface area contributed by atoms with Crippen molar-refractivity contribution in [2.24, 2.45) is 5.73 Å². The van der Waals surface area contributed by atoms with E-state index in [0.717, 1.165) is 0 Å². The van der Waals surface area contributed by atoms with Crippen molar-refractivity contribution in [1.29, 1.82) is 0 Å². The topological polar surface area (TPSA) is 183 Å². The van der Waals surface area contributed by atoms with Crippen LogP contribution in [0.2, 0.25) is 0 Å². The molecule has 3 rings (SSSR count). The number of ether oxygens (including phenoxy) is 1. The van der Waals surface area contributed by atoms with Gasteiger partial charge in [-0.25, -0.2) is 9.59 Å². The number of phenolic OH excluding ortho intramolecular Hbond substituents is 1. The Kier molecular flexibility index (Phi) is 8.18. The van der Waals surface area contributed by atoms with Gasteiger partial charge in [-0.2, -0.15) is 0 Å². The average molecular weight is 530 g/mol. The number of nitrogens with one attached hydrogen (secondary N) is 1. The van der Waals surface area contributed by atoms with Gasteiger partial charge >= 0.3 is 12.0 Å². The Morgan fingerprint density at radius 1 is 1.18 bits per heavy atom. The molecule has 0 radical (unpaired) electrons. The molecule has 11 nitrogen and oxygen atoms in total. The minimum Gasteiger partial charge on any atom is -0.507 e. The van der Waals surface area contributed by atoms with Crippen LogP contribution in [0.3, 0.4) is 0 Å². The van der Waals surface area contributed by atoms with E-state index in [1.807, 2.05) is 0 Å². The van der Waals surface area contributed by atoms with Crippen molar-refractivity contribution in [2.45, 2.75) is 56.1 Å². The zero-order valence-corrected chi connectivity index (χ0v) is 22.0. The fourth-order valence-electron chi connectivity index (χ4n) is 5.20. The fourth-order valence-corrected chi connectivity index (χ4v) is 5.20. The zero-order valence-electron chi connectivity index (χ0n) is 22.0. The number of amides is 2. The lowest BCUT2D eigenvalue weighted by Gasteiger charge is -2.42. The first kappa shape index (κ1) is 29.1. The summed E-state index contributed by atoms with van der Waals surface area (Å²) in [7, 11) is 2.91. The number of benzene rings is 2. The molecule has 0 aromatic heterocycles. The van der Waals surface area contributed by atoms with Crippen molar-refractivity contribution in [3.63, 3.8) is 0 Å². The number of nitrogens with two attached hydrogens (primary N) is 1. The summed E-state index contributed by atoms with van der Waals surface area (Å²) < 4.78 is 5.41. The summed E-state index contributed by atoms with van der Waals surface area (Å²) >= 11 is 0. The quantitative estimate of drug-likeness (QED) is 0.222. The van der Waals surface area contributed by atoms with Crippen LogP contribution >= 0.6 is 0 Å². The van der Waals surface area contributed by atoms with Gasteiger partial charge in [-0.15, -0.1) is 0 Å². The number of phenols is 1. The zero-order chi connectivity index (χ0) is 28.6. The van der Waals surface area contributed by atoms with E-state index in [-0.39, 0.29) is 17.1 Å². The van der Waals surface area contributed by atoms with Crippen molar-refractivity contribution in [3.8, 4) is 5.75 Å². The third-order valence-electron chi connectivity index (χ3n) is 7.34. The van der Waals surface area contributed by atoms with Gasteiger partial charge in [0.1, 0.15) is 35.2 Å². The van der Waals surface area contributed by atoms with Crippen LogP contribution in [0.5, 0.6) is 5.75 Å². The molecule has 1 fully saturated rings. The van der Waals surface area contributed by atoms with Gasteiger partial charge in [0, 0.05) is 31.6 Å². The molecule has 0 saturated heterocycles. The van der Waals surface area contributed by atoms with Gasteiger partial charge in [0.05, 0.1) is 6.10 Å². The third kappa shape index (κ3) is 4.85. The van der Waals surface area contributed by atoms with Crippen molar-refractivity contribution in [1.82, 2.24) is 10.2 Å². The predicted octanol–water partition coefficient (Wildman–Crippen LogP) is 0.668. The summed E-state index contributed by atoms with van der Waals surface area (Å²) in [5, 5.41) is 47.2. The second-order valence-corrected chi connectivity index (χ2v) is 10.1. The number of esters is 1. The minimum absolute atomic E-state index is 0.120. The highest BCUT2D eigenvalue weighted by molar-refractivity contribution is 5.94. The third-order valence-corrected chi connectivity index (χ3v) is 7.34. The van der Waals surface area contributed by atoms with Gasteiger partial charge in [-0.1, -0.05) is 30.3 Å². The second-order valence-electron chi connectivity index (χ2n) is 10.1. The molecule has 6 atom stereocenters. The number of nitrogens with zero attached hydrogens (tertiary/aromatic N) is 1. The summed E-state index contributed by atoms with van der Waals surface area (Å²) in [5.41, 5.74) is 3.24. The van der Waals surface area contributed by atoms with Crippen LogP contribution in [0.1, 0.15) is 51.6 Å². The first-order valence-corrected chi connectivity index (χ1v) is 12.1. The van der Waals surface area contributed by atoms with E-state index < -0.39 is 53.9 Å². The number of carbonyl (C=O) groups is 3. The lowest BCUT2D eigenvalue weighted by molar-refractivity contribution is -0.127. The highest BCUT2D eigenvalue weighted by atomic mass is 16.5. The Bertz CT molecular complexity index is 1210. The van der Waals surface area contributed by atoms with Crippen molar-refractivity contribution >= 4 is 17.8 Å². The maximum Gasteiger partial charge on any atom is 0.342 e. The standard InChI is InChI=1S/C27H35N3O8/c1-14-8-6-11-19(33)20(14)23(34)38-13-26(37)21(18-10-7-9-17(12-18)15(2)31)22(28)27(16(3)32,24(26)35)29-25(36)30(4)5/h6-12,16,21-22,24,32-33,35,37H,13,28H2,1-5H3,(H,29,36)/t16-,21-,22-,24-,26+,27-/m1/s1. The van der Waals surface area contributed by atoms with E-state index in [1.165, 1.54) is 45.0 Å². The van der Waals surface area contributed by atoms with Crippen LogP contribution in [0.4, 0.5) is 4.79 Å². The molecule has 1 aliphatic rings. The van der Waals surface area contributed by atoms with Crippen LogP contribution in [0, 0.1) is 6.92 Å². The van der Waals surface area contributed by atoms with E-state index in [9.17, 15) is 34.8 Å². The Balaban J connectivity index is 2.14. The Labute approximate surface area is 220 Å². The fraction of sp³-hybridized carbons (Fsp3) is 0.444. The number of rotatable bonds is 7. The Hall–Kier alpha value is -3.51. The molecule has 0 spiro atoms. The number of aliphatic hydroxyl groups is 3. The van der Waals surface area contributed by atoms with Gasteiger partial charge in [-0.05, 0) is 44.0 Å². The summed E-state index contributed by atoms with van der Waals surface area (Å²) in [6.07, 6.45) is -3.40. The van der Waals surface area contributed by atoms with Crippen LogP contribution < -0.4 is 11.1 Å². The number of aryl methyl sites for hydroxylation is 1. The molecule has 2 amide bonds. The molecule has 1 saturated carbocycles. The first-order chi connectivity index (χ1) is 17.7.